The number of aromatic nitrogens is 1. The highest BCUT2D eigenvalue weighted by Gasteiger charge is 2.16. The third-order valence-electron chi connectivity index (χ3n) is 4.28. The lowest BCUT2D eigenvalue weighted by atomic mass is 10.1. The normalized spacial score (nSPS) is 10.7. The predicted octanol–water partition coefficient (Wildman–Crippen LogP) is 4.12. The van der Waals surface area contributed by atoms with E-state index in [0.717, 1.165) is 26.9 Å². The number of fused-ring (bicyclic) bond motifs is 1. The molecule has 0 spiro atoms. The fraction of sp³-hybridized carbons (Fsp3) is 0.300. The summed E-state index contributed by atoms with van der Waals surface area (Å²) in [6.07, 6.45) is 0.171. The first-order chi connectivity index (χ1) is 13.0. The van der Waals surface area contributed by atoms with Gasteiger partial charge in [-0.25, -0.2) is 4.98 Å². The van der Waals surface area contributed by atoms with E-state index in [-0.39, 0.29) is 12.3 Å². The Morgan fingerprint density at radius 1 is 1.04 bits per heavy atom. The molecule has 0 atom stereocenters. The molecule has 0 aliphatic carbocycles. The third-order valence-corrected chi connectivity index (χ3v) is 5.38. The molecule has 0 radical (unpaired) electrons. The second-order valence-corrected chi connectivity index (χ2v) is 7.15. The van der Waals surface area contributed by atoms with Crippen molar-refractivity contribution < 1.29 is 19.0 Å². The average Bonchev–Trinajstić information content (AvgIpc) is 3.08. The van der Waals surface area contributed by atoms with Crippen molar-refractivity contribution >= 4 is 32.6 Å². The molecular weight excluding hydrogens is 364 g/mol. The van der Waals surface area contributed by atoms with Crippen molar-refractivity contribution in [2.24, 2.45) is 0 Å². The number of nitrogens with one attached hydrogen (secondary N) is 1. The molecule has 1 amide bonds. The van der Waals surface area contributed by atoms with E-state index in [2.05, 4.69) is 16.4 Å². The molecule has 0 unspecified atom stereocenters. The van der Waals surface area contributed by atoms with Crippen LogP contribution in [0.3, 0.4) is 0 Å². The standard InChI is InChI=1S/C20H22N2O4S/c1-11-6-7-12(2)19-17(11)22-20(27-19)21-16(23)10-13-8-14(24-3)18(26-5)15(9-13)25-4/h6-9H,10H2,1-5H3,(H,21,22,23). The Morgan fingerprint density at radius 2 is 1.67 bits per heavy atom. The van der Waals surface area contributed by atoms with Gasteiger partial charge in [0.15, 0.2) is 16.6 Å². The van der Waals surface area contributed by atoms with Gasteiger partial charge in [0, 0.05) is 0 Å². The van der Waals surface area contributed by atoms with Crippen LogP contribution in [0.25, 0.3) is 10.2 Å². The summed E-state index contributed by atoms with van der Waals surface area (Å²) in [6, 6.07) is 7.65. The maximum Gasteiger partial charge on any atom is 0.230 e. The van der Waals surface area contributed by atoms with E-state index < -0.39 is 0 Å². The van der Waals surface area contributed by atoms with Crippen LogP contribution in [-0.2, 0) is 11.2 Å². The van der Waals surface area contributed by atoms with Crippen molar-refractivity contribution in [1.29, 1.82) is 0 Å². The van der Waals surface area contributed by atoms with E-state index in [4.69, 9.17) is 14.2 Å². The van der Waals surface area contributed by atoms with E-state index in [0.29, 0.717) is 22.4 Å². The number of methoxy groups -OCH3 is 3. The first kappa shape index (κ1) is 19.0. The molecule has 1 heterocycles. The fourth-order valence-electron chi connectivity index (χ4n) is 2.90. The van der Waals surface area contributed by atoms with Gasteiger partial charge in [-0.1, -0.05) is 23.5 Å². The largest absolute Gasteiger partial charge is 0.493 e. The van der Waals surface area contributed by atoms with Crippen molar-refractivity contribution in [3.05, 3.63) is 41.0 Å². The van der Waals surface area contributed by atoms with Crippen LogP contribution in [-0.4, -0.2) is 32.2 Å². The molecule has 0 aliphatic rings. The molecule has 2 aromatic carbocycles. The summed E-state index contributed by atoms with van der Waals surface area (Å²) in [6.45, 7) is 4.06. The van der Waals surface area contributed by atoms with Crippen molar-refractivity contribution in [3.8, 4) is 17.2 Å². The summed E-state index contributed by atoms with van der Waals surface area (Å²) in [4.78, 5) is 17.1. The third kappa shape index (κ3) is 3.83. The van der Waals surface area contributed by atoms with Gasteiger partial charge in [-0.05, 0) is 42.7 Å². The van der Waals surface area contributed by atoms with E-state index in [1.165, 1.54) is 11.3 Å². The molecule has 27 heavy (non-hydrogen) atoms. The second kappa shape index (κ2) is 7.84. The van der Waals surface area contributed by atoms with Gasteiger partial charge in [-0.2, -0.15) is 0 Å². The Morgan fingerprint density at radius 3 is 2.22 bits per heavy atom. The van der Waals surface area contributed by atoms with Crippen LogP contribution in [0.2, 0.25) is 0 Å². The number of carbonyl (C=O) groups is 1. The van der Waals surface area contributed by atoms with Crippen LogP contribution in [0.5, 0.6) is 17.2 Å². The summed E-state index contributed by atoms with van der Waals surface area (Å²) in [7, 11) is 4.64. The minimum absolute atomic E-state index is 0.154. The first-order valence-corrected chi connectivity index (χ1v) is 9.24. The Bertz CT molecular complexity index is 933. The zero-order valence-corrected chi connectivity index (χ0v) is 16.8. The highest BCUT2D eigenvalue weighted by molar-refractivity contribution is 7.22. The molecule has 0 saturated heterocycles. The van der Waals surface area contributed by atoms with Gasteiger partial charge in [0.25, 0.3) is 0 Å². The quantitative estimate of drug-likeness (QED) is 0.690. The van der Waals surface area contributed by atoms with Gasteiger partial charge in [-0.3, -0.25) is 4.79 Å². The molecule has 6 nitrogen and oxygen atoms in total. The maximum atomic E-state index is 12.5. The SMILES string of the molecule is COc1cc(CC(=O)Nc2nc3c(C)ccc(C)c3s2)cc(OC)c1OC. The molecule has 0 bridgehead atoms. The molecule has 7 heteroatoms. The van der Waals surface area contributed by atoms with Crippen LogP contribution in [0.1, 0.15) is 16.7 Å². The van der Waals surface area contributed by atoms with Gasteiger partial charge < -0.3 is 19.5 Å². The Hall–Kier alpha value is -2.80. The minimum atomic E-state index is -0.154. The number of carbonyl (C=O) groups excluding carboxylic acids is 1. The van der Waals surface area contributed by atoms with Gasteiger partial charge in [0.2, 0.25) is 11.7 Å². The van der Waals surface area contributed by atoms with Crippen LogP contribution in [0.4, 0.5) is 5.13 Å². The lowest BCUT2D eigenvalue weighted by Crippen LogP contribution is -2.14. The average molecular weight is 386 g/mol. The predicted molar refractivity (Wildman–Crippen MR) is 108 cm³/mol. The number of thiazole rings is 1. The smallest absolute Gasteiger partial charge is 0.230 e. The number of amides is 1. The summed E-state index contributed by atoms with van der Waals surface area (Å²) >= 11 is 1.49. The maximum absolute atomic E-state index is 12.5. The van der Waals surface area contributed by atoms with E-state index in [1.807, 2.05) is 19.9 Å². The van der Waals surface area contributed by atoms with Crippen LogP contribution >= 0.6 is 11.3 Å². The Kier molecular flexibility index (Phi) is 5.51. The lowest BCUT2D eigenvalue weighted by molar-refractivity contribution is -0.115. The molecule has 1 N–H and O–H groups in total. The van der Waals surface area contributed by atoms with Crippen LogP contribution in [0, 0.1) is 13.8 Å². The van der Waals surface area contributed by atoms with E-state index in [9.17, 15) is 4.79 Å². The van der Waals surface area contributed by atoms with E-state index in [1.54, 1.807) is 33.5 Å². The van der Waals surface area contributed by atoms with Gasteiger partial charge in [0.05, 0.1) is 38.0 Å². The minimum Gasteiger partial charge on any atom is -0.493 e. The molecule has 0 saturated carbocycles. The molecule has 0 fully saturated rings. The summed E-state index contributed by atoms with van der Waals surface area (Å²) in [5.74, 6) is 1.39. The molecule has 142 valence electrons. The monoisotopic (exact) mass is 386 g/mol. The Labute approximate surface area is 162 Å². The number of aryl methyl sites for hydroxylation is 2. The van der Waals surface area contributed by atoms with Crippen molar-refractivity contribution in [2.75, 3.05) is 26.6 Å². The molecule has 3 rings (SSSR count). The zero-order valence-electron chi connectivity index (χ0n) is 16.0. The van der Waals surface area contributed by atoms with Crippen molar-refractivity contribution in [3.63, 3.8) is 0 Å². The van der Waals surface area contributed by atoms with Gasteiger partial charge in [-0.15, -0.1) is 0 Å². The highest BCUT2D eigenvalue weighted by atomic mass is 32.1. The second-order valence-electron chi connectivity index (χ2n) is 6.15. The number of hydrogen-bond acceptors (Lipinski definition) is 6. The topological polar surface area (TPSA) is 69.7 Å². The first-order valence-electron chi connectivity index (χ1n) is 8.42. The number of benzene rings is 2. The summed E-state index contributed by atoms with van der Waals surface area (Å²) < 4.78 is 17.1. The molecule has 0 aliphatic heterocycles. The number of hydrogen-bond donors (Lipinski definition) is 1. The molecule has 1 aromatic heterocycles. The summed E-state index contributed by atoms with van der Waals surface area (Å²) in [5.41, 5.74) is 3.94. The molecular formula is C20H22N2O4S. The van der Waals surface area contributed by atoms with Crippen LogP contribution < -0.4 is 19.5 Å². The van der Waals surface area contributed by atoms with E-state index >= 15 is 0 Å². The van der Waals surface area contributed by atoms with Gasteiger partial charge >= 0.3 is 0 Å². The number of anilines is 1. The van der Waals surface area contributed by atoms with Crippen molar-refractivity contribution in [2.45, 2.75) is 20.3 Å². The Balaban J connectivity index is 1.82. The number of ether oxygens (including phenoxy) is 3. The van der Waals surface area contributed by atoms with Gasteiger partial charge in [0.1, 0.15) is 0 Å². The zero-order chi connectivity index (χ0) is 19.6. The molecule has 3 aromatic rings. The van der Waals surface area contributed by atoms with Crippen molar-refractivity contribution in [1.82, 2.24) is 4.98 Å². The summed E-state index contributed by atoms with van der Waals surface area (Å²) in [5, 5.41) is 3.49. The highest BCUT2D eigenvalue weighted by Crippen LogP contribution is 2.38. The number of rotatable bonds is 6. The number of nitrogens with zero attached hydrogens (tertiary/aromatic N) is 1. The fourth-order valence-corrected chi connectivity index (χ4v) is 3.93. The van der Waals surface area contributed by atoms with Crippen LogP contribution in [0.15, 0.2) is 24.3 Å². The lowest BCUT2D eigenvalue weighted by Gasteiger charge is -2.13.